The van der Waals surface area contributed by atoms with E-state index in [0.717, 1.165) is 44.9 Å². The minimum atomic E-state index is 0.905. The van der Waals surface area contributed by atoms with E-state index in [9.17, 15) is 0 Å². The summed E-state index contributed by atoms with van der Waals surface area (Å²) in [6, 6.07) is 97.7. The van der Waals surface area contributed by atoms with Gasteiger partial charge in [-0.05, 0) is 167 Å². The van der Waals surface area contributed by atoms with E-state index in [-0.39, 0.29) is 0 Å². The summed E-state index contributed by atoms with van der Waals surface area (Å²) < 4.78 is 4.26. The highest BCUT2D eigenvalue weighted by molar-refractivity contribution is 6.26. The Bertz CT molecular complexity index is 5320. The molecule has 13 aromatic carbocycles. The van der Waals surface area contributed by atoms with E-state index in [4.69, 9.17) is 9.97 Å². The highest BCUT2D eigenvalue weighted by atomic mass is 15.0. The molecule has 0 fully saturated rings. The number of nitrogens with zero attached hydrogens (tertiary/aromatic N) is 4. The fraction of sp³-hybridized carbons (Fsp3) is 0. The standard InChI is InChI=1S/C78H48N4/c1-2-18-57-50(16-1)17-15-29-61(57)77-66-25-9-11-27-68(66)78(69-28-12-10-26-67(69)77)70-41-40-60(58-19-3-4-20-59(58)70)72-48-82-46-56(39-42-74(82)80-72)49-31-33-51(34-32-49)75-62-21-5-7-23-64(62)76(65-24-8-6-22-63(65)75)55-38-36-52-44-54(37-35-53(52)45-55)71-47-81-43-14-13-30-73(81)79-71/h1-48H. The smallest absolute Gasteiger partial charge is 0.137 e. The molecule has 0 unspecified atom stereocenters. The predicted molar refractivity (Wildman–Crippen MR) is 345 cm³/mol. The van der Waals surface area contributed by atoms with Gasteiger partial charge in [-0.1, -0.05) is 231 Å². The largest absolute Gasteiger partial charge is 0.306 e. The van der Waals surface area contributed by atoms with Gasteiger partial charge in [0.25, 0.3) is 0 Å². The molecule has 0 bridgehead atoms. The van der Waals surface area contributed by atoms with Crippen molar-refractivity contribution in [2.45, 2.75) is 0 Å². The first-order valence-corrected chi connectivity index (χ1v) is 28.1. The lowest BCUT2D eigenvalue weighted by Gasteiger charge is -2.20. The number of rotatable bonds is 7. The van der Waals surface area contributed by atoms with Crippen molar-refractivity contribution in [1.82, 2.24) is 18.8 Å². The van der Waals surface area contributed by atoms with Crippen LogP contribution in [0, 0.1) is 0 Å². The second-order valence-electron chi connectivity index (χ2n) is 21.7. The molecule has 0 radical (unpaired) electrons. The number of imidazole rings is 2. The lowest BCUT2D eigenvalue weighted by molar-refractivity contribution is 1.19. The van der Waals surface area contributed by atoms with E-state index in [2.05, 4.69) is 276 Å². The van der Waals surface area contributed by atoms with Gasteiger partial charge in [-0.2, -0.15) is 0 Å². The van der Waals surface area contributed by atoms with Gasteiger partial charge in [-0.25, -0.2) is 9.97 Å². The van der Waals surface area contributed by atoms with E-state index in [1.54, 1.807) is 0 Å². The van der Waals surface area contributed by atoms with E-state index in [1.165, 1.54) is 120 Å². The second kappa shape index (κ2) is 18.3. The molecule has 0 amide bonds. The zero-order valence-electron chi connectivity index (χ0n) is 44.5. The van der Waals surface area contributed by atoms with Crippen LogP contribution in [-0.4, -0.2) is 18.8 Å². The summed E-state index contributed by atoms with van der Waals surface area (Å²) in [7, 11) is 0. The Morgan fingerprint density at radius 2 is 0.646 bits per heavy atom. The van der Waals surface area contributed by atoms with Gasteiger partial charge < -0.3 is 8.80 Å². The van der Waals surface area contributed by atoms with Gasteiger partial charge in [-0.15, -0.1) is 0 Å². The van der Waals surface area contributed by atoms with E-state index in [0.29, 0.717) is 0 Å². The number of hydrogen-bond donors (Lipinski definition) is 0. The van der Waals surface area contributed by atoms with Crippen molar-refractivity contribution in [2.24, 2.45) is 0 Å². The molecule has 4 nitrogen and oxygen atoms in total. The van der Waals surface area contributed by atoms with Crippen LogP contribution in [0.1, 0.15) is 0 Å². The first kappa shape index (κ1) is 46.0. The second-order valence-corrected chi connectivity index (χ2v) is 21.7. The maximum absolute atomic E-state index is 5.28. The van der Waals surface area contributed by atoms with Gasteiger partial charge in [0.05, 0.1) is 11.4 Å². The maximum Gasteiger partial charge on any atom is 0.137 e. The Morgan fingerprint density at radius 1 is 0.220 bits per heavy atom. The van der Waals surface area contributed by atoms with Crippen LogP contribution in [0.5, 0.6) is 0 Å². The SMILES string of the molecule is c1ccc2c(-c3c4ccccc4c(-c4ccc(-c5cn6cc(-c7ccc(-c8c9ccccc9c(-c9ccc%10cc(-c%11cn%12ccccc%12n%11)ccc%10c9)c9ccccc89)cc7)ccc6n5)c5ccccc45)c4ccccc34)cccc2c1. The lowest BCUT2D eigenvalue weighted by atomic mass is 9.83. The average Bonchev–Trinajstić information content (AvgIpc) is 4.10. The number of pyridine rings is 2. The van der Waals surface area contributed by atoms with Gasteiger partial charge in [0.15, 0.2) is 0 Å². The molecule has 380 valence electrons. The number of hydrogen-bond acceptors (Lipinski definition) is 2. The Labute approximate surface area is 472 Å². The molecule has 4 aromatic heterocycles. The molecular weight excluding hydrogens is 993 g/mol. The minimum Gasteiger partial charge on any atom is -0.306 e. The molecule has 0 aliphatic rings. The van der Waals surface area contributed by atoms with Crippen LogP contribution in [0.4, 0.5) is 0 Å². The summed E-state index contributed by atoms with van der Waals surface area (Å²) in [5, 5.41) is 17.2. The molecule has 0 atom stereocenters. The van der Waals surface area contributed by atoms with Gasteiger partial charge in [0, 0.05) is 35.9 Å². The van der Waals surface area contributed by atoms with Gasteiger partial charge in [-0.3, -0.25) is 0 Å². The molecule has 0 saturated carbocycles. The van der Waals surface area contributed by atoms with Crippen LogP contribution in [0.25, 0.3) is 165 Å². The van der Waals surface area contributed by atoms with Gasteiger partial charge >= 0.3 is 0 Å². The predicted octanol–water partition coefficient (Wildman–Crippen LogP) is 20.7. The van der Waals surface area contributed by atoms with E-state index < -0.39 is 0 Å². The third-order valence-corrected chi connectivity index (χ3v) is 17.1. The van der Waals surface area contributed by atoms with Crippen molar-refractivity contribution >= 4 is 86.7 Å². The van der Waals surface area contributed by atoms with Crippen LogP contribution in [0.15, 0.2) is 292 Å². The molecule has 4 heterocycles. The summed E-state index contributed by atoms with van der Waals surface area (Å²) in [5.41, 5.74) is 18.1. The van der Waals surface area contributed by atoms with Gasteiger partial charge in [0.1, 0.15) is 11.3 Å². The molecule has 82 heavy (non-hydrogen) atoms. The average molecular weight is 1040 g/mol. The quantitative estimate of drug-likeness (QED) is 0.149. The third-order valence-electron chi connectivity index (χ3n) is 17.1. The summed E-state index contributed by atoms with van der Waals surface area (Å²) in [6.07, 6.45) is 8.56. The van der Waals surface area contributed by atoms with Crippen molar-refractivity contribution in [3.05, 3.63) is 292 Å². The molecule has 4 heteroatoms. The van der Waals surface area contributed by atoms with Gasteiger partial charge in [0.2, 0.25) is 0 Å². The van der Waals surface area contributed by atoms with Crippen molar-refractivity contribution in [2.75, 3.05) is 0 Å². The number of fused-ring (bicyclic) bond motifs is 9. The Hall–Kier alpha value is -10.9. The van der Waals surface area contributed by atoms with Crippen LogP contribution >= 0.6 is 0 Å². The number of benzene rings is 13. The van der Waals surface area contributed by atoms with Crippen LogP contribution < -0.4 is 0 Å². The number of aromatic nitrogens is 4. The summed E-state index contributed by atoms with van der Waals surface area (Å²) in [5.74, 6) is 0. The van der Waals surface area contributed by atoms with E-state index in [1.807, 2.05) is 24.4 Å². The van der Waals surface area contributed by atoms with Crippen molar-refractivity contribution in [3.8, 4) is 78.1 Å². The molecule has 17 rings (SSSR count). The molecular formula is C78H48N4. The first-order chi connectivity index (χ1) is 40.6. The van der Waals surface area contributed by atoms with Crippen LogP contribution in [-0.2, 0) is 0 Å². The highest BCUT2D eigenvalue weighted by Crippen LogP contribution is 2.49. The maximum atomic E-state index is 5.28. The molecule has 0 aliphatic carbocycles. The molecule has 0 saturated heterocycles. The van der Waals surface area contributed by atoms with Crippen molar-refractivity contribution in [1.29, 1.82) is 0 Å². The van der Waals surface area contributed by atoms with Crippen molar-refractivity contribution < 1.29 is 0 Å². The van der Waals surface area contributed by atoms with E-state index >= 15 is 0 Å². The monoisotopic (exact) mass is 1040 g/mol. The molecule has 0 N–H and O–H groups in total. The van der Waals surface area contributed by atoms with Crippen LogP contribution in [0.3, 0.4) is 0 Å². The highest BCUT2D eigenvalue weighted by Gasteiger charge is 2.22. The Balaban J connectivity index is 0.720. The normalized spacial score (nSPS) is 11.9. The molecule has 17 aromatic rings. The summed E-state index contributed by atoms with van der Waals surface area (Å²) >= 11 is 0. The van der Waals surface area contributed by atoms with Crippen molar-refractivity contribution in [3.63, 3.8) is 0 Å². The lowest BCUT2D eigenvalue weighted by Crippen LogP contribution is -1.93. The first-order valence-electron chi connectivity index (χ1n) is 28.1. The topological polar surface area (TPSA) is 34.6 Å². The zero-order valence-corrected chi connectivity index (χ0v) is 44.5. The third kappa shape index (κ3) is 7.25. The molecule has 0 aliphatic heterocycles. The fourth-order valence-electron chi connectivity index (χ4n) is 13.4. The Morgan fingerprint density at radius 3 is 1.28 bits per heavy atom. The Kier molecular flexibility index (Phi) is 10.3. The minimum absolute atomic E-state index is 0.905. The zero-order chi connectivity index (χ0) is 53.8. The summed E-state index contributed by atoms with van der Waals surface area (Å²) in [6.45, 7) is 0. The fourth-order valence-corrected chi connectivity index (χ4v) is 13.4. The summed E-state index contributed by atoms with van der Waals surface area (Å²) in [4.78, 5) is 10.2. The molecule has 0 spiro atoms. The van der Waals surface area contributed by atoms with Crippen LogP contribution in [0.2, 0.25) is 0 Å².